The number of hydrogen-bond acceptors (Lipinski definition) is 3. The second-order valence-electron chi connectivity index (χ2n) is 4.74. The quantitative estimate of drug-likeness (QED) is 0.849. The molecule has 20 heavy (non-hydrogen) atoms. The van der Waals surface area contributed by atoms with Crippen LogP contribution in [0, 0.1) is 0 Å². The smallest absolute Gasteiger partial charge is 0.170 e. The zero-order valence-corrected chi connectivity index (χ0v) is 11.3. The number of ether oxygens (including phenoxy) is 2. The van der Waals surface area contributed by atoms with Crippen LogP contribution in [0.25, 0.3) is 0 Å². The summed E-state index contributed by atoms with van der Waals surface area (Å²) in [4.78, 5) is 12.3. The molecule has 2 aromatic carbocycles. The predicted octanol–water partition coefficient (Wildman–Crippen LogP) is 3.79. The largest absolute Gasteiger partial charge is 0.494 e. The standard InChI is InChI=1S/C17H16O3/c1-2-19-13-8-9-16-14(10-13)15(18)11-17(20-16)12-6-4-3-5-7-12/h3-10,17H,2,11H2,1H3. The molecule has 1 aliphatic rings. The Labute approximate surface area is 118 Å². The van der Waals surface area contributed by atoms with Crippen molar-refractivity contribution in [2.24, 2.45) is 0 Å². The lowest BCUT2D eigenvalue weighted by Gasteiger charge is -2.25. The van der Waals surface area contributed by atoms with Gasteiger partial charge in [-0.15, -0.1) is 0 Å². The molecule has 3 rings (SSSR count). The van der Waals surface area contributed by atoms with Crippen molar-refractivity contribution in [1.29, 1.82) is 0 Å². The zero-order valence-electron chi connectivity index (χ0n) is 11.3. The van der Waals surface area contributed by atoms with Gasteiger partial charge in [-0.3, -0.25) is 4.79 Å². The molecule has 3 nitrogen and oxygen atoms in total. The van der Waals surface area contributed by atoms with Crippen LogP contribution in [0.3, 0.4) is 0 Å². The zero-order chi connectivity index (χ0) is 13.9. The van der Waals surface area contributed by atoms with Gasteiger partial charge in [-0.1, -0.05) is 30.3 Å². The van der Waals surface area contributed by atoms with Gasteiger partial charge in [-0.2, -0.15) is 0 Å². The van der Waals surface area contributed by atoms with E-state index in [2.05, 4.69) is 0 Å². The molecule has 1 aliphatic heterocycles. The Balaban J connectivity index is 1.90. The first-order valence-corrected chi connectivity index (χ1v) is 6.79. The molecule has 2 aromatic rings. The van der Waals surface area contributed by atoms with Crippen molar-refractivity contribution in [1.82, 2.24) is 0 Å². The molecule has 0 N–H and O–H groups in total. The number of hydrogen-bond donors (Lipinski definition) is 0. The van der Waals surface area contributed by atoms with E-state index in [1.54, 1.807) is 6.07 Å². The van der Waals surface area contributed by atoms with Gasteiger partial charge in [-0.05, 0) is 30.7 Å². The van der Waals surface area contributed by atoms with Gasteiger partial charge in [0, 0.05) is 0 Å². The molecule has 102 valence electrons. The highest BCUT2D eigenvalue weighted by atomic mass is 16.5. The van der Waals surface area contributed by atoms with E-state index in [0.29, 0.717) is 30.1 Å². The van der Waals surface area contributed by atoms with E-state index >= 15 is 0 Å². The minimum absolute atomic E-state index is 0.0988. The minimum atomic E-state index is -0.200. The lowest BCUT2D eigenvalue weighted by Crippen LogP contribution is -2.20. The molecule has 0 aliphatic carbocycles. The number of Topliss-reactive ketones (excluding diaryl/α,β-unsaturated/α-hetero) is 1. The minimum Gasteiger partial charge on any atom is -0.494 e. The van der Waals surface area contributed by atoms with Crippen LogP contribution in [-0.2, 0) is 0 Å². The molecule has 0 amide bonds. The average molecular weight is 268 g/mol. The van der Waals surface area contributed by atoms with Crippen molar-refractivity contribution < 1.29 is 14.3 Å². The molecular weight excluding hydrogens is 252 g/mol. The average Bonchev–Trinajstić information content (AvgIpc) is 2.49. The highest BCUT2D eigenvalue weighted by molar-refractivity contribution is 6.00. The van der Waals surface area contributed by atoms with Crippen molar-refractivity contribution >= 4 is 5.78 Å². The number of ketones is 1. The highest BCUT2D eigenvalue weighted by Crippen LogP contribution is 2.36. The van der Waals surface area contributed by atoms with Crippen molar-refractivity contribution in [2.45, 2.75) is 19.4 Å². The Morgan fingerprint density at radius 3 is 2.75 bits per heavy atom. The summed E-state index contributed by atoms with van der Waals surface area (Å²) >= 11 is 0. The van der Waals surface area contributed by atoms with Crippen LogP contribution in [-0.4, -0.2) is 12.4 Å². The van der Waals surface area contributed by atoms with E-state index < -0.39 is 0 Å². The van der Waals surface area contributed by atoms with Gasteiger partial charge in [0.1, 0.15) is 17.6 Å². The molecular formula is C17H16O3. The Morgan fingerprint density at radius 1 is 1.20 bits per heavy atom. The first-order valence-electron chi connectivity index (χ1n) is 6.79. The Hall–Kier alpha value is -2.29. The molecule has 0 spiro atoms. The Bertz CT molecular complexity index is 619. The second kappa shape index (κ2) is 5.37. The third kappa shape index (κ3) is 2.39. The maximum absolute atomic E-state index is 12.3. The van der Waals surface area contributed by atoms with Crippen LogP contribution >= 0.6 is 0 Å². The van der Waals surface area contributed by atoms with Crippen LogP contribution in [0.5, 0.6) is 11.5 Å². The second-order valence-corrected chi connectivity index (χ2v) is 4.74. The fraction of sp³-hybridized carbons (Fsp3) is 0.235. The molecule has 0 fully saturated rings. The van der Waals surface area contributed by atoms with Gasteiger partial charge in [-0.25, -0.2) is 0 Å². The lowest BCUT2D eigenvalue weighted by molar-refractivity contribution is 0.0849. The Kier molecular flexibility index (Phi) is 3.42. The molecule has 1 unspecified atom stereocenters. The summed E-state index contributed by atoms with van der Waals surface area (Å²) in [5, 5.41) is 0. The molecule has 3 heteroatoms. The topological polar surface area (TPSA) is 35.5 Å². The van der Waals surface area contributed by atoms with E-state index in [1.165, 1.54) is 0 Å². The maximum Gasteiger partial charge on any atom is 0.170 e. The summed E-state index contributed by atoms with van der Waals surface area (Å²) in [7, 11) is 0. The van der Waals surface area contributed by atoms with Crippen molar-refractivity contribution in [3.63, 3.8) is 0 Å². The Morgan fingerprint density at radius 2 is 2.00 bits per heavy atom. The van der Waals surface area contributed by atoms with Gasteiger partial charge in [0.25, 0.3) is 0 Å². The van der Waals surface area contributed by atoms with Gasteiger partial charge in [0.05, 0.1) is 18.6 Å². The SMILES string of the molecule is CCOc1ccc2c(c1)C(=O)CC(c1ccccc1)O2. The number of benzene rings is 2. The van der Waals surface area contributed by atoms with Gasteiger partial charge in [0.15, 0.2) is 5.78 Å². The van der Waals surface area contributed by atoms with Crippen LogP contribution in [0.1, 0.15) is 35.4 Å². The van der Waals surface area contributed by atoms with E-state index in [4.69, 9.17) is 9.47 Å². The van der Waals surface area contributed by atoms with E-state index in [0.717, 1.165) is 5.56 Å². The molecule has 0 saturated heterocycles. The summed E-state index contributed by atoms with van der Waals surface area (Å²) in [6.07, 6.45) is 0.168. The summed E-state index contributed by atoms with van der Waals surface area (Å²) in [5.41, 5.74) is 1.64. The van der Waals surface area contributed by atoms with Crippen molar-refractivity contribution in [3.8, 4) is 11.5 Å². The molecule has 1 heterocycles. The summed E-state index contributed by atoms with van der Waals surface area (Å²) in [6, 6.07) is 15.2. The number of carbonyl (C=O) groups excluding carboxylic acids is 1. The molecule has 0 radical (unpaired) electrons. The van der Waals surface area contributed by atoms with Crippen molar-refractivity contribution in [3.05, 3.63) is 59.7 Å². The number of fused-ring (bicyclic) bond motifs is 1. The fourth-order valence-electron chi connectivity index (χ4n) is 2.41. The van der Waals surface area contributed by atoms with E-state index in [9.17, 15) is 4.79 Å². The molecule has 0 bridgehead atoms. The van der Waals surface area contributed by atoms with Crippen LogP contribution in [0.4, 0.5) is 0 Å². The third-order valence-electron chi connectivity index (χ3n) is 3.37. The van der Waals surface area contributed by atoms with Crippen LogP contribution in [0.2, 0.25) is 0 Å². The monoisotopic (exact) mass is 268 g/mol. The number of rotatable bonds is 3. The summed E-state index contributed by atoms with van der Waals surface area (Å²) < 4.78 is 11.4. The maximum atomic E-state index is 12.3. The highest BCUT2D eigenvalue weighted by Gasteiger charge is 2.27. The predicted molar refractivity (Wildman–Crippen MR) is 76.4 cm³/mol. The number of carbonyl (C=O) groups is 1. The lowest BCUT2D eigenvalue weighted by atomic mass is 9.96. The molecule has 0 saturated carbocycles. The van der Waals surface area contributed by atoms with Gasteiger partial charge < -0.3 is 9.47 Å². The molecule has 0 aromatic heterocycles. The normalized spacial score (nSPS) is 17.2. The van der Waals surface area contributed by atoms with E-state index in [-0.39, 0.29) is 11.9 Å². The van der Waals surface area contributed by atoms with Crippen molar-refractivity contribution in [2.75, 3.05) is 6.61 Å². The van der Waals surface area contributed by atoms with Gasteiger partial charge in [0.2, 0.25) is 0 Å². The molecule has 1 atom stereocenters. The fourth-order valence-corrected chi connectivity index (χ4v) is 2.41. The summed E-state index contributed by atoms with van der Waals surface area (Å²) in [6.45, 7) is 2.50. The van der Waals surface area contributed by atoms with Crippen LogP contribution in [0.15, 0.2) is 48.5 Å². The van der Waals surface area contributed by atoms with E-state index in [1.807, 2.05) is 49.4 Å². The first-order chi connectivity index (χ1) is 9.78. The summed E-state index contributed by atoms with van der Waals surface area (Å²) in [5.74, 6) is 1.45. The van der Waals surface area contributed by atoms with Crippen LogP contribution < -0.4 is 9.47 Å². The third-order valence-corrected chi connectivity index (χ3v) is 3.37. The first kappa shape index (κ1) is 12.7. The van der Waals surface area contributed by atoms with Gasteiger partial charge >= 0.3 is 0 Å².